The minimum atomic E-state index is -0.276. The van der Waals surface area contributed by atoms with E-state index in [2.05, 4.69) is 4.99 Å². The van der Waals surface area contributed by atoms with Crippen molar-refractivity contribution in [3.05, 3.63) is 46.8 Å². The Kier molecular flexibility index (Phi) is 5.09. The molecule has 6 nitrogen and oxygen atoms in total. The van der Waals surface area contributed by atoms with E-state index in [-0.39, 0.29) is 12.0 Å². The molecule has 2 heterocycles. The maximum atomic E-state index is 12.7. The molecule has 146 valence electrons. The quantitative estimate of drug-likeness (QED) is 0.666. The molecule has 0 aliphatic carbocycles. The summed E-state index contributed by atoms with van der Waals surface area (Å²) < 4.78 is 20.0. The van der Waals surface area contributed by atoms with Gasteiger partial charge in [0.2, 0.25) is 0 Å². The molecule has 1 aliphatic rings. The molecule has 1 amide bonds. The largest absolute Gasteiger partial charge is 0.491 e. The van der Waals surface area contributed by atoms with Gasteiger partial charge in [-0.3, -0.25) is 4.79 Å². The van der Waals surface area contributed by atoms with Gasteiger partial charge < -0.3 is 18.8 Å². The van der Waals surface area contributed by atoms with Crippen LogP contribution in [0.2, 0.25) is 0 Å². The molecule has 3 aromatic rings. The Bertz CT molecular complexity index is 1080. The van der Waals surface area contributed by atoms with Gasteiger partial charge in [-0.05, 0) is 45.0 Å². The smallest absolute Gasteiger partial charge is 0.279 e. The lowest BCUT2D eigenvalue weighted by molar-refractivity contribution is 0.0998. The molecule has 0 unspecified atom stereocenters. The number of ether oxygens (including phenoxy) is 3. The number of amides is 1. The van der Waals surface area contributed by atoms with Crippen molar-refractivity contribution in [3.63, 3.8) is 0 Å². The van der Waals surface area contributed by atoms with Gasteiger partial charge in [0.15, 0.2) is 16.3 Å². The van der Waals surface area contributed by atoms with Gasteiger partial charge in [0.1, 0.15) is 19.0 Å². The average molecular weight is 398 g/mol. The van der Waals surface area contributed by atoms with Gasteiger partial charge in [0.25, 0.3) is 5.91 Å². The number of aromatic nitrogens is 1. The summed E-state index contributed by atoms with van der Waals surface area (Å²) >= 11 is 1.47. The molecule has 0 bridgehead atoms. The fourth-order valence-corrected chi connectivity index (χ4v) is 4.20. The van der Waals surface area contributed by atoms with Crippen molar-refractivity contribution < 1.29 is 19.0 Å². The SMILES string of the molecule is CCn1c(=NC(=O)c2ccc(OC(C)C)cc2)sc2cc3c(cc21)OCCO3. The standard InChI is InChI=1S/C21H22N2O4S/c1-4-23-16-11-17-18(26-10-9-25-17)12-19(16)28-21(23)22-20(24)14-5-7-15(8-6-14)27-13(2)3/h5-8,11-13H,4,9-10H2,1-3H3. The molecule has 0 atom stereocenters. The molecule has 0 N–H and O–H groups in total. The minimum absolute atomic E-state index is 0.0899. The highest BCUT2D eigenvalue weighted by Gasteiger charge is 2.16. The highest BCUT2D eigenvalue weighted by Crippen LogP contribution is 2.35. The third kappa shape index (κ3) is 3.62. The number of benzene rings is 2. The van der Waals surface area contributed by atoms with Gasteiger partial charge in [-0.1, -0.05) is 11.3 Å². The van der Waals surface area contributed by atoms with Gasteiger partial charge in [0, 0.05) is 24.2 Å². The Morgan fingerprint density at radius 3 is 2.50 bits per heavy atom. The molecule has 4 rings (SSSR count). The molecular weight excluding hydrogens is 376 g/mol. The summed E-state index contributed by atoms with van der Waals surface area (Å²) in [5.41, 5.74) is 1.52. The fourth-order valence-electron chi connectivity index (χ4n) is 3.10. The van der Waals surface area contributed by atoms with Crippen molar-refractivity contribution in [2.75, 3.05) is 13.2 Å². The number of carbonyl (C=O) groups is 1. The number of thiazole rings is 1. The first-order valence-electron chi connectivity index (χ1n) is 9.34. The minimum Gasteiger partial charge on any atom is -0.491 e. The van der Waals surface area contributed by atoms with Gasteiger partial charge >= 0.3 is 0 Å². The zero-order valence-corrected chi connectivity index (χ0v) is 16.9. The first kappa shape index (κ1) is 18.6. The lowest BCUT2D eigenvalue weighted by Crippen LogP contribution is -2.17. The molecular formula is C21H22N2O4S. The van der Waals surface area contributed by atoms with Gasteiger partial charge in [-0.25, -0.2) is 0 Å². The predicted octanol–water partition coefficient (Wildman–Crippen LogP) is 4.02. The summed E-state index contributed by atoms with van der Waals surface area (Å²) in [5, 5.41) is 0. The normalized spacial score (nSPS) is 13.9. The number of rotatable bonds is 4. The Balaban J connectivity index is 1.71. The maximum absolute atomic E-state index is 12.7. The summed E-state index contributed by atoms with van der Waals surface area (Å²) in [4.78, 5) is 17.7. The lowest BCUT2D eigenvalue weighted by atomic mass is 10.2. The summed E-state index contributed by atoms with van der Waals surface area (Å²) in [7, 11) is 0. The van der Waals surface area contributed by atoms with Crippen LogP contribution >= 0.6 is 11.3 Å². The number of carbonyl (C=O) groups excluding carboxylic acids is 1. The first-order chi connectivity index (χ1) is 13.5. The van der Waals surface area contributed by atoms with Crippen LogP contribution in [-0.2, 0) is 6.54 Å². The summed E-state index contributed by atoms with van der Waals surface area (Å²) in [6.45, 7) is 7.75. The van der Waals surface area contributed by atoms with Crippen LogP contribution in [0, 0.1) is 0 Å². The van der Waals surface area contributed by atoms with Gasteiger partial charge in [-0.15, -0.1) is 0 Å². The van der Waals surface area contributed by atoms with Crippen LogP contribution in [0.4, 0.5) is 0 Å². The summed E-state index contributed by atoms with van der Waals surface area (Å²) in [5.74, 6) is 1.93. The van der Waals surface area contributed by atoms with Crippen LogP contribution in [0.15, 0.2) is 41.4 Å². The Labute approximate surface area is 167 Å². The van der Waals surface area contributed by atoms with E-state index in [1.54, 1.807) is 24.3 Å². The van der Waals surface area contributed by atoms with E-state index < -0.39 is 0 Å². The molecule has 1 aliphatic heterocycles. The topological polar surface area (TPSA) is 62.1 Å². The monoisotopic (exact) mass is 398 g/mol. The van der Waals surface area contributed by atoms with Gasteiger partial charge in [0.05, 0.1) is 16.3 Å². The second-order valence-electron chi connectivity index (χ2n) is 6.70. The van der Waals surface area contributed by atoms with Crippen molar-refractivity contribution in [2.45, 2.75) is 33.4 Å². The Morgan fingerprint density at radius 2 is 1.86 bits per heavy atom. The summed E-state index contributed by atoms with van der Waals surface area (Å²) in [6.07, 6.45) is 0.0899. The van der Waals surface area contributed by atoms with Crippen LogP contribution in [-0.4, -0.2) is 29.8 Å². The molecule has 2 aromatic carbocycles. The van der Waals surface area contributed by atoms with Crippen molar-refractivity contribution in [3.8, 4) is 17.2 Å². The maximum Gasteiger partial charge on any atom is 0.279 e. The van der Waals surface area contributed by atoms with E-state index in [4.69, 9.17) is 14.2 Å². The molecule has 28 heavy (non-hydrogen) atoms. The molecule has 7 heteroatoms. The number of hydrogen-bond donors (Lipinski definition) is 0. The Morgan fingerprint density at radius 1 is 1.18 bits per heavy atom. The number of fused-ring (bicyclic) bond motifs is 2. The average Bonchev–Trinajstić information content (AvgIpc) is 3.01. The number of hydrogen-bond acceptors (Lipinski definition) is 5. The van der Waals surface area contributed by atoms with Crippen LogP contribution < -0.4 is 19.0 Å². The first-order valence-corrected chi connectivity index (χ1v) is 10.2. The van der Waals surface area contributed by atoms with E-state index in [1.807, 2.05) is 37.5 Å². The molecule has 0 saturated heterocycles. The van der Waals surface area contributed by atoms with E-state index >= 15 is 0 Å². The fraction of sp³-hybridized carbons (Fsp3) is 0.333. The highest BCUT2D eigenvalue weighted by atomic mass is 32.1. The molecule has 0 saturated carbocycles. The van der Waals surface area contributed by atoms with Crippen LogP contribution in [0.3, 0.4) is 0 Å². The lowest BCUT2D eigenvalue weighted by Gasteiger charge is -2.18. The van der Waals surface area contributed by atoms with Crippen LogP contribution in [0.1, 0.15) is 31.1 Å². The highest BCUT2D eigenvalue weighted by molar-refractivity contribution is 7.16. The van der Waals surface area contributed by atoms with E-state index in [0.717, 1.165) is 27.5 Å². The van der Waals surface area contributed by atoms with E-state index in [1.165, 1.54) is 11.3 Å². The molecule has 1 aromatic heterocycles. The zero-order valence-electron chi connectivity index (χ0n) is 16.1. The van der Waals surface area contributed by atoms with Crippen molar-refractivity contribution in [1.82, 2.24) is 4.57 Å². The number of nitrogens with zero attached hydrogens (tertiary/aromatic N) is 2. The molecule has 0 fully saturated rings. The van der Waals surface area contributed by atoms with Crippen LogP contribution in [0.25, 0.3) is 10.2 Å². The third-order valence-corrected chi connectivity index (χ3v) is 5.37. The van der Waals surface area contributed by atoms with E-state index in [0.29, 0.717) is 30.1 Å². The summed E-state index contributed by atoms with van der Waals surface area (Å²) in [6, 6.07) is 11.0. The van der Waals surface area contributed by atoms with Crippen molar-refractivity contribution >= 4 is 27.5 Å². The zero-order chi connectivity index (χ0) is 19.7. The van der Waals surface area contributed by atoms with Crippen molar-refractivity contribution in [2.24, 2.45) is 4.99 Å². The molecule has 0 radical (unpaired) electrons. The van der Waals surface area contributed by atoms with Crippen molar-refractivity contribution in [1.29, 1.82) is 0 Å². The third-order valence-electron chi connectivity index (χ3n) is 4.33. The second kappa shape index (κ2) is 7.67. The number of aryl methyl sites for hydroxylation is 1. The predicted molar refractivity (Wildman–Crippen MR) is 109 cm³/mol. The van der Waals surface area contributed by atoms with Gasteiger partial charge in [-0.2, -0.15) is 4.99 Å². The Hall–Kier alpha value is -2.80. The molecule has 0 spiro atoms. The second-order valence-corrected chi connectivity index (χ2v) is 7.71. The van der Waals surface area contributed by atoms with Crippen LogP contribution in [0.5, 0.6) is 17.2 Å². The van der Waals surface area contributed by atoms with E-state index in [9.17, 15) is 4.79 Å².